The number of carbonyl (C=O) groups excluding carboxylic acids is 1. The molecule has 5 heteroatoms. The molecular formula is C16H23N3O2. The summed E-state index contributed by atoms with van der Waals surface area (Å²) in [7, 11) is 0. The molecule has 0 atom stereocenters. The van der Waals surface area contributed by atoms with E-state index in [2.05, 4.69) is 42.6 Å². The molecular weight excluding hydrogens is 266 g/mol. The highest BCUT2D eigenvalue weighted by Crippen LogP contribution is 2.26. The zero-order valence-corrected chi connectivity index (χ0v) is 13.3. The van der Waals surface area contributed by atoms with Crippen LogP contribution in [0.5, 0.6) is 0 Å². The number of carbonyl (C=O) groups is 1. The molecule has 0 unspecified atom stereocenters. The van der Waals surface area contributed by atoms with Gasteiger partial charge in [-0.05, 0) is 52.8 Å². The molecule has 0 aliphatic heterocycles. The minimum atomic E-state index is -0.297. The maximum absolute atomic E-state index is 11.9. The summed E-state index contributed by atoms with van der Waals surface area (Å²) >= 11 is 0. The molecule has 2 rings (SSSR count). The monoisotopic (exact) mass is 289 g/mol. The number of aromatic nitrogens is 2. The number of anilines is 1. The first-order valence-corrected chi connectivity index (χ1v) is 7.39. The standard InChI is InChI=1S/C16H23N3O2/c1-6-21-15(20)12-7-8-13-14(9-12)19(11(4)5)16(18-13)17-10(2)3/h7-11H,6H2,1-5H3,(H,17,18). The Bertz CT molecular complexity index is 644. The maximum Gasteiger partial charge on any atom is 0.338 e. The van der Waals surface area contributed by atoms with Gasteiger partial charge in [0.05, 0.1) is 23.2 Å². The van der Waals surface area contributed by atoms with Crippen molar-refractivity contribution in [1.29, 1.82) is 0 Å². The molecule has 21 heavy (non-hydrogen) atoms. The summed E-state index contributed by atoms with van der Waals surface area (Å²) in [6, 6.07) is 6.02. The molecule has 2 aromatic rings. The van der Waals surface area contributed by atoms with Crippen molar-refractivity contribution in [2.45, 2.75) is 46.7 Å². The number of hydrogen-bond acceptors (Lipinski definition) is 4. The number of fused-ring (bicyclic) bond motifs is 1. The van der Waals surface area contributed by atoms with Gasteiger partial charge in [-0.3, -0.25) is 0 Å². The van der Waals surface area contributed by atoms with Crippen molar-refractivity contribution in [3.05, 3.63) is 23.8 Å². The van der Waals surface area contributed by atoms with Gasteiger partial charge in [0.1, 0.15) is 0 Å². The molecule has 0 amide bonds. The molecule has 0 aliphatic rings. The number of rotatable bonds is 5. The Morgan fingerprint density at radius 1 is 1.33 bits per heavy atom. The summed E-state index contributed by atoms with van der Waals surface area (Å²) in [5, 5.41) is 3.35. The van der Waals surface area contributed by atoms with Crippen molar-refractivity contribution < 1.29 is 9.53 Å². The van der Waals surface area contributed by atoms with Crippen molar-refractivity contribution in [1.82, 2.24) is 9.55 Å². The van der Waals surface area contributed by atoms with E-state index in [1.807, 2.05) is 12.1 Å². The fourth-order valence-corrected chi connectivity index (χ4v) is 2.32. The third-order valence-electron chi connectivity index (χ3n) is 3.13. The molecule has 1 aromatic heterocycles. The van der Waals surface area contributed by atoms with Gasteiger partial charge in [0.2, 0.25) is 5.95 Å². The topological polar surface area (TPSA) is 56.1 Å². The molecule has 0 saturated carbocycles. The van der Waals surface area contributed by atoms with Crippen LogP contribution in [-0.4, -0.2) is 28.2 Å². The Kier molecular flexibility index (Phi) is 4.50. The Morgan fingerprint density at radius 3 is 2.62 bits per heavy atom. The lowest BCUT2D eigenvalue weighted by Gasteiger charge is -2.16. The number of hydrogen-bond donors (Lipinski definition) is 1. The summed E-state index contributed by atoms with van der Waals surface area (Å²) in [5.74, 6) is 0.533. The molecule has 114 valence electrons. The van der Waals surface area contributed by atoms with E-state index in [4.69, 9.17) is 4.74 Å². The minimum Gasteiger partial charge on any atom is -0.462 e. The van der Waals surface area contributed by atoms with Crippen LogP contribution in [0.15, 0.2) is 18.2 Å². The molecule has 0 saturated heterocycles. The van der Waals surface area contributed by atoms with Crippen LogP contribution in [0.25, 0.3) is 11.0 Å². The van der Waals surface area contributed by atoms with E-state index in [-0.39, 0.29) is 12.0 Å². The highest BCUT2D eigenvalue weighted by Gasteiger charge is 2.16. The van der Waals surface area contributed by atoms with Gasteiger partial charge in [-0.1, -0.05) is 0 Å². The Morgan fingerprint density at radius 2 is 2.05 bits per heavy atom. The van der Waals surface area contributed by atoms with Crippen LogP contribution in [0, 0.1) is 0 Å². The van der Waals surface area contributed by atoms with Crippen LogP contribution >= 0.6 is 0 Å². The molecule has 5 nitrogen and oxygen atoms in total. The predicted octanol–water partition coefficient (Wildman–Crippen LogP) is 3.61. The van der Waals surface area contributed by atoms with Crippen LogP contribution < -0.4 is 5.32 Å². The summed E-state index contributed by atoms with van der Waals surface area (Å²) in [6.45, 7) is 10.5. The Labute approximate surface area is 125 Å². The second-order valence-corrected chi connectivity index (χ2v) is 5.62. The van der Waals surface area contributed by atoms with Gasteiger partial charge in [0, 0.05) is 12.1 Å². The largest absolute Gasteiger partial charge is 0.462 e. The highest BCUT2D eigenvalue weighted by molar-refractivity contribution is 5.94. The lowest BCUT2D eigenvalue weighted by Crippen LogP contribution is -2.15. The van der Waals surface area contributed by atoms with Gasteiger partial charge in [-0.2, -0.15) is 0 Å². The highest BCUT2D eigenvalue weighted by atomic mass is 16.5. The molecule has 1 aromatic carbocycles. The second-order valence-electron chi connectivity index (χ2n) is 5.62. The molecule has 0 aliphatic carbocycles. The average Bonchev–Trinajstić information content (AvgIpc) is 2.74. The predicted molar refractivity (Wildman–Crippen MR) is 84.8 cm³/mol. The average molecular weight is 289 g/mol. The first-order valence-electron chi connectivity index (χ1n) is 7.39. The van der Waals surface area contributed by atoms with E-state index < -0.39 is 0 Å². The lowest BCUT2D eigenvalue weighted by atomic mass is 10.2. The smallest absolute Gasteiger partial charge is 0.338 e. The Balaban J connectivity index is 2.54. The van der Waals surface area contributed by atoms with E-state index in [0.29, 0.717) is 18.2 Å². The van der Waals surface area contributed by atoms with Gasteiger partial charge >= 0.3 is 5.97 Å². The fourth-order valence-electron chi connectivity index (χ4n) is 2.32. The third kappa shape index (κ3) is 3.17. The second kappa shape index (κ2) is 6.16. The SMILES string of the molecule is CCOC(=O)c1ccc2nc(NC(C)C)n(C(C)C)c2c1. The van der Waals surface area contributed by atoms with Crippen molar-refractivity contribution in [3.63, 3.8) is 0 Å². The maximum atomic E-state index is 11.9. The molecule has 1 heterocycles. The van der Waals surface area contributed by atoms with Gasteiger partial charge in [-0.15, -0.1) is 0 Å². The van der Waals surface area contributed by atoms with E-state index in [1.165, 1.54) is 0 Å². The fraction of sp³-hybridized carbons (Fsp3) is 0.500. The van der Waals surface area contributed by atoms with Crippen LogP contribution in [0.1, 0.15) is 51.0 Å². The summed E-state index contributed by atoms with van der Waals surface area (Å²) in [6.07, 6.45) is 0. The van der Waals surface area contributed by atoms with Gasteiger partial charge < -0.3 is 14.6 Å². The first kappa shape index (κ1) is 15.4. The third-order valence-corrected chi connectivity index (χ3v) is 3.13. The quantitative estimate of drug-likeness (QED) is 0.854. The van der Waals surface area contributed by atoms with E-state index in [0.717, 1.165) is 17.0 Å². The molecule has 0 fully saturated rings. The van der Waals surface area contributed by atoms with Gasteiger partial charge in [-0.25, -0.2) is 9.78 Å². The Hall–Kier alpha value is -2.04. The zero-order valence-electron chi connectivity index (χ0n) is 13.3. The van der Waals surface area contributed by atoms with Crippen molar-refractivity contribution in [3.8, 4) is 0 Å². The number of esters is 1. The lowest BCUT2D eigenvalue weighted by molar-refractivity contribution is 0.0526. The number of nitrogens with one attached hydrogen (secondary N) is 1. The van der Waals surface area contributed by atoms with E-state index in [9.17, 15) is 4.79 Å². The summed E-state index contributed by atoms with van der Waals surface area (Å²) in [4.78, 5) is 16.5. The zero-order chi connectivity index (χ0) is 15.6. The molecule has 0 bridgehead atoms. The van der Waals surface area contributed by atoms with Crippen LogP contribution in [-0.2, 0) is 4.74 Å². The van der Waals surface area contributed by atoms with Gasteiger partial charge in [0.15, 0.2) is 0 Å². The van der Waals surface area contributed by atoms with Crippen molar-refractivity contribution in [2.24, 2.45) is 0 Å². The molecule has 1 N–H and O–H groups in total. The minimum absolute atomic E-state index is 0.244. The summed E-state index contributed by atoms with van der Waals surface area (Å²) in [5.41, 5.74) is 2.38. The van der Waals surface area contributed by atoms with Gasteiger partial charge in [0.25, 0.3) is 0 Å². The molecule has 0 radical (unpaired) electrons. The number of nitrogens with zero attached hydrogens (tertiary/aromatic N) is 2. The van der Waals surface area contributed by atoms with E-state index >= 15 is 0 Å². The van der Waals surface area contributed by atoms with Crippen molar-refractivity contribution in [2.75, 3.05) is 11.9 Å². The van der Waals surface area contributed by atoms with Crippen molar-refractivity contribution >= 4 is 23.0 Å². The number of imidazole rings is 1. The molecule has 0 spiro atoms. The van der Waals surface area contributed by atoms with Crippen LogP contribution in [0.4, 0.5) is 5.95 Å². The summed E-state index contributed by atoms with van der Waals surface area (Å²) < 4.78 is 7.17. The van der Waals surface area contributed by atoms with Crippen LogP contribution in [0.2, 0.25) is 0 Å². The number of ether oxygens (including phenoxy) is 1. The van der Waals surface area contributed by atoms with E-state index in [1.54, 1.807) is 13.0 Å². The van der Waals surface area contributed by atoms with Crippen LogP contribution in [0.3, 0.4) is 0 Å². The normalized spacial score (nSPS) is 11.4. The number of benzene rings is 1. The first-order chi connectivity index (χ1) is 9.93.